The minimum absolute atomic E-state index is 0.0342. The van der Waals surface area contributed by atoms with Gasteiger partial charge >= 0.3 is 6.03 Å². The largest absolute Gasteiger partial charge is 0.497 e. The maximum absolute atomic E-state index is 13.0. The lowest BCUT2D eigenvalue weighted by atomic mass is 10.1. The van der Waals surface area contributed by atoms with E-state index in [-0.39, 0.29) is 23.6 Å². The first kappa shape index (κ1) is 35.6. The molecule has 1 saturated heterocycles. The normalized spacial score (nSPS) is 14.2. The van der Waals surface area contributed by atoms with Crippen LogP contribution in [0.5, 0.6) is 23.0 Å². The molecule has 2 fully saturated rings. The summed E-state index contributed by atoms with van der Waals surface area (Å²) in [7, 11) is 9.77. The van der Waals surface area contributed by atoms with E-state index in [1.807, 2.05) is 69.9 Å². The van der Waals surface area contributed by atoms with Crippen LogP contribution in [0.25, 0.3) is 5.65 Å². The summed E-state index contributed by atoms with van der Waals surface area (Å²) in [5.41, 5.74) is 4.72. The Labute approximate surface area is 311 Å². The van der Waals surface area contributed by atoms with Crippen molar-refractivity contribution in [2.24, 2.45) is 0 Å². The van der Waals surface area contributed by atoms with E-state index < -0.39 is 0 Å². The van der Waals surface area contributed by atoms with Gasteiger partial charge in [0.15, 0.2) is 16.6 Å². The molecule has 0 unspecified atom stereocenters. The average molecular weight is 742 g/mol. The van der Waals surface area contributed by atoms with Crippen molar-refractivity contribution in [1.29, 1.82) is 0 Å². The number of pyridine rings is 1. The van der Waals surface area contributed by atoms with Crippen molar-refractivity contribution in [3.05, 3.63) is 82.4 Å². The van der Waals surface area contributed by atoms with E-state index in [4.69, 9.17) is 40.5 Å². The van der Waals surface area contributed by atoms with Crippen LogP contribution in [-0.2, 0) is 24.4 Å². The molecule has 1 saturated carbocycles. The Balaban J connectivity index is 1.22. The zero-order valence-corrected chi connectivity index (χ0v) is 31.1. The van der Waals surface area contributed by atoms with Gasteiger partial charge < -0.3 is 33.1 Å². The molecule has 0 bridgehead atoms. The Morgan fingerprint density at radius 3 is 2.02 bits per heavy atom. The highest BCUT2D eigenvalue weighted by Gasteiger charge is 2.36. The third-order valence-electron chi connectivity index (χ3n) is 9.50. The van der Waals surface area contributed by atoms with Crippen molar-refractivity contribution < 1.29 is 28.5 Å². The molecule has 3 aromatic heterocycles. The van der Waals surface area contributed by atoms with Gasteiger partial charge in [0.05, 0.1) is 46.4 Å². The number of hydrogen-bond donors (Lipinski definition) is 0. The van der Waals surface area contributed by atoms with E-state index in [0.29, 0.717) is 77.3 Å². The molecule has 2 aliphatic rings. The molecule has 15 nitrogen and oxygen atoms in total. The third kappa shape index (κ3) is 7.16. The van der Waals surface area contributed by atoms with Gasteiger partial charge in [-0.05, 0) is 54.7 Å². The molecule has 53 heavy (non-hydrogen) atoms. The van der Waals surface area contributed by atoms with Crippen LogP contribution in [0.4, 0.5) is 22.2 Å². The molecule has 0 atom stereocenters. The molecular formula is C37H40ClN9O6. The quantitative estimate of drug-likeness (QED) is 0.136. The summed E-state index contributed by atoms with van der Waals surface area (Å²) in [5, 5.41) is 8.86. The van der Waals surface area contributed by atoms with Crippen molar-refractivity contribution in [2.45, 2.75) is 38.4 Å². The lowest BCUT2D eigenvalue weighted by Crippen LogP contribution is -2.30. The number of nitrogens with zero attached hydrogens (tertiary/aromatic N) is 9. The fourth-order valence-electron chi connectivity index (χ4n) is 6.42. The number of benzene rings is 2. The van der Waals surface area contributed by atoms with Gasteiger partial charge in [0.25, 0.3) is 0 Å². The van der Waals surface area contributed by atoms with Crippen LogP contribution >= 0.6 is 11.6 Å². The lowest BCUT2D eigenvalue weighted by Gasteiger charge is -2.26. The number of likely N-dealkylation sites (N-methyl/N-ethyl adjacent to an activating group) is 1. The fraction of sp³-hybridized carbons (Fsp3) is 0.351. The number of urea groups is 1. The predicted octanol–water partition coefficient (Wildman–Crippen LogP) is 5.33. The molecule has 7 rings (SSSR count). The second-order valence-corrected chi connectivity index (χ2v) is 13.4. The van der Waals surface area contributed by atoms with Gasteiger partial charge in [-0.1, -0.05) is 11.6 Å². The molecule has 276 valence electrons. The summed E-state index contributed by atoms with van der Waals surface area (Å²) < 4.78 is 24.2. The summed E-state index contributed by atoms with van der Waals surface area (Å²) in [6, 6.07) is 12.9. The summed E-state index contributed by atoms with van der Waals surface area (Å²) >= 11 is 6.67. The predicted molar refractivity (Wildman–Crippen MR) is 199 cm³/mol. The van der Waals surface area contributed by atoms with Gasteiger partial charge in [0.2, 0.25) is 11.9 Å². The van der Waals surface area contributed by atoms with E-state index in [0.717, 1.165) is 34.4 Å². The SMILES string of the molecule is COc1ccc(CN(Cc2ccc(OC)cc2OC)c2nnc(Cl)c(N(C)Cc3cn4cc(C5CC5)cc(N5CC(=O)N(C)C5=O)c4n3)n2)c(OC)c1. The highest BCUT2D eigenvalue weighted by atomic mass is 35.5. The van der Waals surface area contributed by atoms with Crippen molar-refractivity contribution in [3.8, 4) is 23.0 Å². The van der Waals surface area contributed by atoms with Gasteiger partial charge in [-0.2, -0.15) is 4.98 Å². The van der Waals surface area contributed by atoms with Gasteiger partial charge in [0.1, 0.15) is 29.5 Å². The number of halogens is 1. The summed E-state index contributed by atoms with van der Waals surface area (Å²) in [5.74, 6) is 3.47. The molecule has 0 radical (unpaired) electrons. The number of hydrogen-bond acceptors (Lipinski definition) is 12. The van der Waals surface area contributed by atoms with Crippen molar-refractivity contribution in [2.75, 3.05) is 63.8 Å². The number of ether oxygens (including phenoxy) is 4. The molecule has 2 aromatic carbocycles. The highest BCUT2D eigenvalue weighted by Crippen LogP contribution is 2.42. The zero-order chi connectivity index (χ0) is 37.4. The number of rotatable bonds is 14. The molecule has 16 heteroatoms. The average Bonchev–Trinajstić information content (AvgIpc) is 3.90. The minimum atomic E-state index is -0.373. The zero-order valence-electron chi connectivity index (χ0n) is 30.4. The molecular weight excluding hydrogens is 702 g/mol. The minimum Gasteiger partial charge on any atom is -0.497 e. The van der Waals surface area contributed by atoms with Crippen LogP contribution in [0.3, 0.4) is 0 Å². The molecule has 1 aliphatic carbocycles. The van der Waals surface area contributed by atoms with Crippen LogP contribution < -0.4 is 33.6 Å². The van der Waals surface area contributed by atoms with E-state index >= 15 is 0 Å². The third-order valence-corrected chi connectivity index (χ3v) is 9.74. The van der Waals surface area contributed by atoms with Gasteiger partial charge in [-0.15, -0.1) is 10.2 Å². The highest BCUT2D eigenvalue weighted by molar-refractivity contribution is 6.31. The standard InChI is InChI=1S/C37H40ClN9O6/c1-43(19-26-20-45-18-25(22-7-8-22)13-29(34(45)39-26)47-21-32(48)44(2)37(47)49)35-33(38)41-42-36(40-35)46(16-23-9-11-27(50-3)14-30(23)52-5)17-24-10-12-28(51-4)15-31(24)53-6/h9-15,18,20,22H,7-8,16-17,19,21H2,1-6H3. The maximum Gasteiger partial charge on any atom is 0.331 e. The Kier molecular flexibility index (Phi) is 9.84. The maximum atomic E-state index is 13.0. The van der Waals surface area contributed by atoms with E-state index in [2.05, 4.69) is 16.4 Å². The first-order valence-corrected chi connectivity index (χ1v) is 17.4. The smallest absolute Gasteiger partial charge is 0.331 e. The molecule has 0 spiro atoms. The second-order valence-electron chi connectivity index (χ2n) is 13.0. The topological polar surface area (TPSA) is 140 Å². The fourth-order valence-corrected chi connectivity index (χ4v) is 6.64. The monoisotopic (exact) mass is 741 g/mol. The van der Waals surface area contributed by atoms with Crippen LogP contribution in [0.15, 0.2) is 54.9 Å². The van der Waals surface area contributed by atoms with E-state index in [1.165, 1.54) is 11.9 Å². The van der Waals surface area contributed by atoms with Crippen LogP contribution in [0, 0.1) is 0 Å². The number of amides is 3. The number of imidazole rings is 1. The molecule has 0 N–H and O–H groups in total. The lowest BCUT2D eigenvalue weighted by molar-refractivity contribution is -0.123. The number of fused-ring (bicyclic) bond motifs is 1. The van der Waals surface area contributed by atoms with E-state index in [1.54, 1.807) is 28.4 Å². The number of carbonyl (C=O) groups excluding carboxylic acids is 2. The second kappa shape index (κ2) is 14.7. The Bertz CT molecular complexity index is 2130. The Morgan fingerprint density at radius 2 is 1.47 bits per heavy atom. The summed E-state index contributed by atoms with van der Waals surface area (Å²) in [4.78, 5) is 41.8. The number of carbonyl (C=O) groups is 2. The Morgan fingerprint density at radius 1 is 0.830 bits per heavy atom. The summed E-state index contributed by atoms with van der Waals surface area (Å²) in [6.07, 6.45) is 6.14. The van der Waals surface area contributed by atoms with E-state index in [9.17, 15) is 9.59 Å². The van der Waals surface area contributed by atoms with Crippen molar-refractivity contribution in [3.63, 3.8) is 0 Å². The molecule has 3 amide bonds. The van der Waals surface area contributed by atoms with Gasteiger partial charge in [0, 0.05) is 62.8 Å². The van der Waals surface area contributed by atoms with Crippen LogP contribution in [0.1, 0.15) is 41.1 Å². The first-order valence-electron chi connectivity index (χ1n) is 17.0. The molecule has 5 aromatic rings. The van der Waals surface area contributed by atoms with Crippen molar-refractivity contribution in [1.82, 2.24) is 29.5 Å². The van der Waals surface area contributed by atoms with Gasteiger partial charge in [-0.25, -0.2) is 9.78 Å². The summed E-state index contributed by atoms with van der Waals surface area (Å²) in [6.45, 7) is 0.969. The van der Waals surface area contributed by atoms with Crippen LogP contribution in [0.2, 0.25) is 5.15 Å². The molecule has 1 aliphatic heterocycles. The number of methoxy groups -OCH3 is 4. The van der Waals surface area contributed by atoms with Crippen molar-refractivity contribution >= 4 is 46.6 Å². The van der Waals surface area contributed by atoms with Gasteiger partial charge in [-0.3, -0.25) is 14.6 Å². The number of anilines is 3. The number of imide groups is 1. The Hall–Kier alpha value is -5.83. The first-order chi connectivity index (χ1) is 25.6. The molecule has 4 heterocycles. The number of aromatic nitrogens is 5. The van der Waals surface area contributed by atoms with Crippen LogP contribution in [-0.4, -0.2) is 90.5 Å².